The number of hydrogen-bond donors (Lipinski definition) is 1. The van der Waals surface area contributed by atoms with E-state index < -0.39 is 0 Å². The fraction of sp³-hybridized carbons (Fsp3) is 1.00. The molecule has 2 fully saturated rings. The zero-order valence-electron chi connectivity index (χ0n) is 4.84. The molecule has 2 aliphatic rings. The standard InChI is InChI=1S/C6H11NO/c7-5-3-4-1-2-6(5)8-4/h4-6H,1-3,7H2/t4-,5+,6-/m1/s1. The van der Waals surface area contributed by atoms with Crippen LogP contribution in [-0.4, -0.2) is 18.2 Å². The molecule has 0 radical (unpaired) electrons. The predicted octanol–water partition coefficient (Wildman–Crippen LogP) is 0.265. The maximum atomic E-state index is 5.69. The SMILES string of the molecule is N[C@H]1C[C@H]2CC[C@H]1O2. The highest BCUT2D eigenvalue weighted by atomic mass is 16.5. The number of rotatable bonds is 0. The van der Waals surface area contributed by atoms with Gasteiger partial charge in [-0.2, -0.15) is 0 Å². The molecule has 0 unspecified atom stereocenters. The zero-order valence-corrected chi connectivity index (χ0v) is 4.84. The van der Waals surface area contributed by atoms with Gasteiger partial charge in [0.05, 0.1) is 12.2 Å². The zero-order chi connectivity index (χ0) is 5.56. The van der Waals surface area contributed by atoms with Crippen molar-refractivity contribution in [3.8, 4) is 0 Å². The summed E-state index contributed by atoms with van der Waals surface area (Å²) in [6.45, 7) is 0. The Labute approximate surface area is 49.0 Å². The van der Waals surface area contributed by atoms with Crippen LogP contribution in [-0.2, 0) is 4.74 Å². The van der Waals surface area contributed by atoms with E-state index >= 15 is 0 Å². The summed E-state index contributed by atoms with van der Waals surface area (Å²) in [5.74, 6) is 0. The summed E-state index contributed by atoms with van der Waals surface area (Å²) in [5.41, 5.74) is 5.69. The number of fused-ring (bicyclic) bond motifs is 2. The summed E-state index contributed by atoms with van der Waals surface area (Å²) in [5, 5.41) is 0. The second-order valence-corrected chi connectivity index (χ2v) is 2.77. The molecule has 2 saturated heterocycles. The third kappa shape index (κ3) is 0.501. The minimum absolute atomic E-state index is 0.355. The van der Waals surface area contributed by atoms with E-state index in [9.17, 15) is 0 Å². The van der Waals surface area contributed by atoms with Crippen molar-refractivity contribution in [2.24, 2.45) is 5.73 Å². The Bertz CT molecular complexity index is 103. The molecule has 2 nitrogen and oxygen atoms in total. The quantitative estimate of drug-likeness (QED) is 0.489. The van der Waals surface area contributed by atoms with Crippen molar-refractivity contribution in [3.05, 3.63) is 0 Å². The van der Waals surface area contributed by atoms with Crippen LogP contribution >= 0.6 is 0 Å². The summed E-state index contributed by atoms with van der Waals surface area (Å²) in [6, 6.07) is 0.355. The molecule has 0 aromatic rings. The fourth-order valence-corrected chi connectivity index (χ4v) is 1.68. The molecule has 0 spiro atoms. The van der Waals surface area contributed by atoms with Gasteiger partial charge in [0.2, 0.25) is 0 Å². The topological polar surface area (TPSA) is 35.2 Å². The van der Waals surface area contributed by atoms with Gasteiger partial charge in [-0.25, -0.2) is 0 Å². The molecule has 2 heterocycles. The molecule has 3 atom stereocenters. The Morgan fingerprint density at radius 3 is 2.50 bits per heavy atom. The van der Waals surface area contributed by atoms with Crippen molar-refractivity contribution >= 4 is 0 Å². The van der Waals surface area contributed by atoms with Gasteiger partial charge in [-0.15, -0.1) is 0 Å². The van der Waals surface area contributed by atoms with Crippen molar-refractivity contribution in [2.75, 3.05) is 0 Å². The van der Waals surface area contributed by atoms with Crippen LogP contribution in [0.25, 0.3) is 0 Å². The monoisotopic (exact) mass is 113 g/mol. The van der Waals surface area contributed by atoms with Gasteiger partial charge in [0, 0.05) is 6.04 Å². The van der Waals surface area contributed by atoms with E-state index in [1.807, 2.05) is 0 Å². The van der Waals surface area contributed by atoms with E-state index in [2.05, 4.69) is 0 Å². The van der Waals surface area contributed by atoms with Crippen molar-refractivity contribution in [1.82, 2.24) is 0 Å². The molecule has 2 bridgehead atoms. The van der Waals surface area contributed by atoms with Crippen LogP contribution in [0.15, 0.2) is 0 Å². The van der Waals surface area contributed by atoms with Gasteiger partial charge in [0.1, 0.15) is 0 Å². The maximum absolute atomic E-state index is 5.69. The van der Waals surface area contributed by atoms with E-state index in [0.29, 0.717) is 18.2 Å². The molecule has 0 aromatic heterocycles. The third-order valence-corrected chi connectivity index (χ3v) is 2.15. The lowest BCUT2D eigenvalue weighted by Crippen LogP contribution is -2.30. The molecule has 8 heavy (non-hydrogen) atoms. The molecular formula is C6H11NO. The van der Waals surface area contributed by atoms with E-state index in [4.69, 9.17) is 10.5 Å². The van der Waals surface area contributed by atoms with Gasteiger partial charge in [-0.1, -0.05) is 0 Å². The first-order valence-electron chi connectivity index (χ1n) is 3.27. The smallest absolute Gasteiger partial charge is 0.0731 e. The Balaban J connectivity index is 2.11. The van der Waals surface area contributed by atoms with Crippen LogP contribution in [0.3, 0.4) is 0 Å². The second kappa shape index (κ2) is 1.45. The van der Waals surface area contributed by atoms with E-state index in [-0.39, 0.29) is 0 Å². The van der Waals surface area contributed by atoms with Gasteiger partial charge in [-0.05, 0) is 19.3 Å². The van der Waals surface area contributed by atoms with Crippen molar-refractivity contribution in [1.29, 1.82) is 0 Å². The molecule has 2 N–H and O–H groups in total. The minimum Gasteiger partial charge on any atom is -0.373 e. The highest BCUT2D eigenvalue weighted by Crippen LogP contribution is 2.32. The second-order valence-electron chi connectivity index (χ2n) is 2.77. The Morgan fingerprint density at radius 2 is 2.25 bits per heavy atom. The lowest BCUT2D eigenvalue weighted by molar-refractivity contribution is 0.101. The van der Waals surface area contributed by atoms with Crippen LogP contribution in [0.4, 0.5) is 0 Å². The largest absolute Gasteiger partial charge is 0.373 e. The average molecular weight is 113 g/mol. The van der Waals surface area contributed by atoms with Crippen LogP contribution in [0.2, 0.25) is 0 Å². The summed E-state index contributed by atoms with van der Waals surface area (Å²) in [7, 11) is 0. The predicted molar refractivity (Wildman–Crippen MR) is 30.5 cm³/mol. The normalized spacial score (nSPS) is 52.9. The summed E-state index contributed by atoms with van der Waals surface area (Å²) in [4.78, 5) is 0. The Kier molecular flexibility index (Phi) is 0.866. The molecule has 2 aliphatic heterocycles. The lowest BCUT2D eigenvalue weighted by atomic mass is 9.97. The summed E-state index contributed by atoms with van der Waals surface area (Å²) in [6.07, 6.45) is 4.49. The summed E-state index contributed by atoms with van der Waals surface area (Å²) >= 11 is 0. The minimum atomic E-state index is 0.355. The van der Waals surface area contributed by atoms with Gasteiger partial charge in [0.15, 0.2) is 0 Å². The molecule has 2 rings (SSSR count). The molecule has 0 aromatic carbocycles. The van der Waals surface area contributed by atoms with Gasteiger partial charge >= 0.3 is 0 Å². The molecule has 46 valence electrons. The van der Waals surface area contributed by atoms with Gasteiger partial charge in [0.25, 0.3) is 0 Å². The molecule has 0 saturated carbocycles. The first-order valence-corrected chi connectivity index (χ1v) is 3.27. The third-order valence-electron chi connectivity index (χ3n) is 2.15. The Morgan fingerprint density at radius 1 is 1.38 bits per heavy atom. The average Bonchev–Trinajstić information content (AvgIpc) is 2.23. The summed E-state index contributed by atoms with van der Waals surface area (Å²) < 4.78 is 5.46. The Hall–Kier alpha value is -0.0800. The molecular weight excluding hydrogens is 102 g/mol. The molecule has 2 heteroatoms. The highest BCUT2D eigenvalue weighted by molar-refractivity contribution is 4.91. The number of hydrogen-bond acceptors (Lipinski definition) is 2. The van der Waals surface area contributed by atoms with Gasteiger partial charge < -0.3 is 10.5 Å². The van der Waals surface area contributed by atoms with E-state index in [1.54, 1.807) is 0 Å². The number of ether oxygens (including phenoxy) is 1. The lowest BCUT2D eigenvalue weighted by Gasteiger charge is -2.11. The molecule has 0 aliphatic carbocycles. The van der Waals surface area contributed by atoms with Crippen LogP contribution < -0.4 is 5.73 Å². The van der Waals surface area contributed by atoms with E-state index in [0.717, 1.165) is 6.42 Å². The van der Waals surface area contributed by atoms with Crippen LogP contribution in [0.1, 0.15) is 19.3 Å². The van der Waals surface area contributed by atoms with Gasteiger partial charge in [-0.3, -0.25) is 0 Å². The van der Waals surface area contributed by atoms with Crippen molar-refractivity contribution in [3.63, 3.8) is 0 Å². The first-order chi connectivity index (χ1) is 3.86. The van der Waals surface area contributed by atoms with Crippen LogP contribution in [0, 0.1) is 0 Å². The number of nitrogens with two attached hydrogens (primary N) is 1. The fourth-order valence-electron chi connectivity index (χ4n) is 1.68. The molecule has 0 amide bonds. The maximum Gasteiger partial charge on any atom is 0.0731 e. The first kappa shape index (κ1) is 4.77. The highest BCUT2D eigenvalue weighted by Gasteiger charge is 2.38. The van der Waals surface area contributed by atoms with Crippen LogP contribution in [0.5, 0.6) is 0 Å². The van der Waals surface area contributed by atoms with Crippen molar-refractivity contribution < 1.29 is 4.74 Å². The van der Waals surface area contributed by atoms with E-state index in [1.165, 1.54) is 12.8 Å². The van der Waals surface area contributed by atoms with Crippen molar-refractivity contribution in [2.45, 2.75) is 37.5 Å².